The van der Waals surface area contributed by atoms with Gasteiger partial charge in [-0.3, -0.25) is 0 Å². The molecular weight excluding hydrogens is 234 g/mol. The smallest absolute Gasteiger partial charge is 0.104 e. The van der Waals surface area contributed by atoms with Crippen LogP contribution in [0.15, 0.2) is 48.5 Å². The molecule has 0 amide bonds. The summed E-state index contributed by atoms with van der Waals surface area (Å²) in [7, 11) is 0. The normalized spacial score (nSPS) is 11.8. The highest BCUT2D eigenvalue weighted by molar-refractivity contribution is 5.37. The monoisotopic (exact) mass is 251 g/mol. The van der Waals surface area contributed by atoms with Gasteiger partial charge in [-0.25, -0.2) is 0 Å². The van der Waals surface area contributed by atoms with Crippen molar-refractivity contribution in [1.29, 1.82) is 5.26 Å². The molecule has 96 valence electrons. The van der Waals surface area contributed by atoms with Crippen molar-refractivity contribution in [3.63, 3.8) is 0 Å². The lowest BCUT2D eigenvalue weighted by atomic mass is 9.98. The number of nitriles is 1. The van der Waals surface area contributed by atoms with Gasteiger partial charge in [0.05, 0.1) is 11.6 Å². The maximum absolute atomic E-state index is 10.4. The first-order valence-corrected chi connectivity index (χ1v) is 6.51. The Kier molecular flexibility index (Phi) is 4.33. The predicted molar refractivity (Wildman–Crippen MR) is 75.7 cm³/mol. The van der Waals surface area contributed by atoms with Crippen molar-refractivity contribution in [2.45, 2.75) is 25.9 Å². The highest BCUT2D eigenvalue weighted by Crippen LogP contribution is 2.23. The standard InChI is InChI=1S/C17H17NO/c1-2-4-13-5-3-6-16(11-13)17(19)15-9-7-14(12-18)8-10-15/h3,5-11,17,19H,2,4H2,1H3. The first-order chi connectivity index (χ1) is 9.24. The molecule has 0 bridgehead atoms. The molecule has 0 aliphatic heterocycles. The lowest BCUT2D eigenvalue weighted by Gasteiger charge is -2.12. The summed E-state index contributed by atoms with van der Waals surface area (Å²) in [5.41, 5.74) is 3.56. The molecule has 0 saturated heterocycles. The Bertz CT molecular complexity index is 581. The van der Waals surface area contributed by atoms with Gasteiger partial charge in [-0.05, 0) is 35.2 Å². The van der Waals surface area contributed by atoms with Crippen molar-refractivity contribution in [1.82, 2.24) is 0 Å². The van der Waals surface area contributed by atoms with Gasteiger partial charge in [-0.15, -0.1) is 0 Å². The van der Waals surface area contributed by atoms with Gasteiger partial charge in [0.15, 0.2) is 0 Å². The molecule has 0 aliphatic carbocycles. The molecule has 1 atom stereocenters. The zero-order valence-corrected chi connectivity index (χ0v) is 11.0. The summed E-state index contributed by atoms with van der Waals surface area (Å²) >= 11 is 0. The van der Waals surface area contributed by atoms with E-state index in [1.807, 2.05) is 18.2 Å². The molecule has 0 spiro atoms. The van der Waals surface area contributed by atoms with Crippen LogP contribution in [0.3, 0.4) is 0 Å². The van der Waals surface area contributed by atoms with E-state index < -0.39 is 6.10 Å². The lowest BCUT2D eigenvalue weighted by molar-refractivity contribution is 0.220. The third kappa shape index (κ3) is 3.21. The third-order valence-corrected chi connectivity index (χ3v) is 3.16. The number of benzene rings is 2. The van der Waals surface area contributed by atoms with Crippen molar-refractivity contribution in [2.75, 3.05) is 0 Å². The second kappa shape index (κ2) is 6.17. The van der Waals surface area contributed by atoms with Gasteiger partial charge in [-0.1, -0.05) is 49.7 Å². The van der Waals surface area contributed by atoms with E-state index in [0.717, 1.165) is 24.0 Å². The van der Waals surface area contributed by atoms with Crippen LogP contribution in [0.4, 0.5) is 0 Å². The van der Waals surface area contributed by atoms with Crippen LogP contribution >= 0.6 is 0 Å². The van der Waals surface area contributed by atoms with E-state index in [1.54, 1.807) is 24.3 Å². The number of nitrogens with zero attached hydrogens (tertiary/aromatic N) is 1. The van der Waals surface area contributed by atoms with E-state index >= 15 is 0 Å². The van der Waals surface area contributed by atoms with Crippen LogP contribution in [-0.4, -0.2) is 5.11 Å². The average Bonchev–Trinajstić information content (AvgIpc) is 2.47. The maximum atomic E-state index is 10.4. The van der Waals surface area contributed by atoms with Crippen LogP contribution < -0.4 is 0 Å². The minimum absolute atomic E-state index is 0.607. The first-order valence-electron chi connectivity index (χ1n) is 6.51. The largest absolute Gasteiger partial charge is 0.384 e. The molecule has 0 heterocycles. The molecule has 2 rings (SSSR count). The summed E-state index contributed by atoms with van der Waals surface area (Å²) in [6, 6.07) is 17.2. The number of aliphatic hydroxyl groups excluding tert-OH is 1. The number of aliphatic hydroxyl groups is 1. The van der Waals surface area contributed by atoms with Gasteiger partial charge in [0.2, 0.25) is 0 Å². The summed E-state index contributed by atoms with van der Waals surface area (Å²) in [4.78, 5) is 0. The summed E-state index contributed by atoms with van der Waals surface area (Å²) in [5.74, 6) is 0. The minimum atomic E-state index is -0.635. The van der Waals surface area contributed by atoms with Gasteiger partial charge in [0.1, 0.15) is 6.10 Å². The topological polar surface area (TPSA) is 44.0 Å². The second-order valence-electron chi connectivity index (χ2n) is 4.63. The molecule has 0 radical (unpaired) electrons. The van der Waals surface area contributed by atoms with Gasteiger partial charge >= 0.3 is 0 Å². The molecule has 0 aliphatic rings. The van der Waals surface area contributed by atoms with Crippen molar-refractivity contribution < 1.29 is 5.11 Å². The summed E-state index contributed by atoms with van der Waals surface area (Å²) in [6.07, 6.45) is 1.48. The molecular formula is C17H17NO. The maximum Gasteiger partial charge on any atom is 0.104 e. The van der Waals surface area contributed by atoms with Gasteiger partial charge in [0.25, 0.3) is 0 Å². The van der Waals surface area contributed by atoms with E-state index in [0.29, 0.717) is 5.56 Å². The molecule has 2 nitrogen and oxygen atoms in total. The predicted octanol–water partition coefficient (Wildman–Crippen LogP) is 3.59. The molecule has 1 unspecified atom stereocenters. The molecule has 0 aromatic heterocycles. The molecule has 0 saturated carbocycles. The zero-order chi connectivity index (χ0) is 13.7. The average molecular weight is 251 g/mol. The lowest BCUT2D eigenvalue weighted by Crippen LogP contribution is -2.00. The molecule has 1 N–H and O–H groups in total. The van der Waals surface area contributed by atoms with Gasteiger partial charge in [-0.2, -0.15) is 5.26 Å². The Labute approximate surface area is 114 Å². The van der Waals surface area contributed by atoms with Crippen LogP contribution in [0.25, 0.3) is 0 Å². The minimum Gasteiger partial charge on any atom is -0.384 e. The Morgan fingerprint density at radius 2 is 1.84 bits per heavy atom. The fourth-order valence-corrected chi connectivity index (χ4v) is 2.14. The van der Waals surface area contributed by atoms with Crippen molar-refractivity contribution in [2.24, 2.45) is 0 Å². The van der Waals surface area contributed by atoms with E-state index in [4.69, 9.17) is 5.26 Å². The number of aryl methyl sites for hydroxylation is 1. The number of hydrogen-bond acceptors (Lipinski definition) is 2. The Morgan fingerprint density at radius 1 is 1.11 bits per heavy atom. The van der Waals surface area contributed by atoms with Crippen molar-refractivity contribution >= 4 is 0 Å². The number of hydrogen-bond donors (Lipinski definition) is 1. The molecule has 19 heavy (non-hydrogen) atoms. The molecule has 2 aromatic rings. The third-order valence-electron chi connectivity index (χ3n) is 3.16. The Hall–Kier alpha value is -2.11. The summed E-state index contributed by atoms with van der Waals surface area (Å²) in [6.45, 7) is 2.14. The van der Waals surface area contributed by atoms with E-state index in [-0.39, 0.29) is 0 Å². The van der Waals surface area contributed by atoms with Crippen LogP contribution in [0.1, 0.15) is 41.7 Å². The summed E-state index contributed by atoms with van der Waals surface area (Å²) in [5, 5.41) is 19.1. The van der Waals surface area contributed by atoms with E-state index in [9.17, 15) is 5.11 Å². The zero-order valence-electron chi connectivity index (χ0n) is 11.0. The van der Waals surface area contributed by atoms with Crippen LogP contribution in [0.2, 0.25) is 0 Å². The van der Waals surface area contributed by atoms with E-state index in [1.165, 1.54) is 5.56 Å². The van der Waals surface area contributed by atoms with Crippen LogP contribution in [-0.2, 0) is 6.42 Å². The second-order valence-corrected chi connectivity index (χ2v) is 4.63. The molecule has 2 aromatic carbocycles. The highest BCUT2D eigenvalue weighted by atomic mass is 16.3. The van der Waals surface area contributed by atoms with E-state index in [2.05, 4.69) is 19.1 Å². The molecule has 0 fully saturated rings. The van der Waals surface area contributed by atoms with Crippen molar-refractivity contribution in [3.05, 3.63) is 70.8 Å². The summed E-state index contributed by atoms with van der Waals surface area (Å²) < 4.78 is 0. The Morgan fingerprint density at radius 3 is 2.47 bits per heavy atom. The van der Waals surface area contributed by atoms with Gasteiger partial charge < -0.3 is 5.11 Å². The highest BCUT2D eigenvalue weighted by Gasteiger charge is 2.10. The first kappa shape index (κ1) is 13.3. The van der Waals surface area contributed by atoms with Crippen LogP contribution in [0.5, 0.6) is 0 Å². The van der Waals surface area contributed by atoms with Crippen LogP contribution in [0, 0.1) is 11.3 Å². The fourth-order valence-electron chi connectivity index (χ4n) is 2.14. The van der Waals surface area contributed by atoms with Crippen molar-refractivity contribution in [3.8, 4) is 6.07 Å². The molecule has 2 heteroatoms. The SMILES string of the molecule is CCCc1cccc(C(O)c2ccc(C#N)cc2)c1. The Balaban J connectivity index is 2.25. The number of rotatable bonds is 4. The fraction of sp³-hybridized carbons (Fsp3) is 0.235. The quantitative estimate of drug-likeness (QED) is 0.902. The van der Waals surface area contributed by atoms with Gasteiger partial charge in [0, 0.05) is 0 Å².